The van der Waals surface area contributed by atoms with E-state index in [-0.39, 0.29) is 25.1 Å². The fourth-order valence-corrected chi connectivity index (χ4v) is 1.76. The lowest BCUT2D eigenvalue weighted by molar-refractivity contribution is -0.120. The van der Waals surface area contributed by atoms with E-state index in [1.165, 1.54) is 0 Å². The van der Waals surface area contributed by atoms with Crippen LogP contribution < -0.4 is 15.4 Å². The third-order valence-electron chi connectivity index (χ3n) is 2.75. The molecule has 0 aliphatic heterocycles. The fraction of sp³-hybridized carbons (Fsp3) is 0.500. The van der Waals surface area contributed by atoms with Crippen molar-refractivity contribution < 1.29 is 14.6 Å². The van der Waals surface area contributed by atoms with Crippen LogP contribution in [0.4, 0.5) is 5.69 Å². The number of anilines is 1. The Morgan fingerprint density at radius 1 is 1.42 bits per heavy atom. The monoisotopic (exact) mass is 266 g/mol. The Balaban J connectivity index is 2.37. The molecule has 0 aliphatic rings. The van der Waals surface area contributed by atoms with E-state index >= 15 is 0 Å². The normalized spacial score (nSPS) is 11.7. The van der Waals surface area contributed by atoms with E-state index in [1.807, 2.05) is 31.2 Å². The molecular weight excluding hydrogens is 244 g/mol. The minimum Gasteiger partial charge on any atom is -0.495 e. The Hall–Kier alpha value is -1.75. The number of carbonyl (C=O) groups is 1. The van der Waals surface area contributed by atoms with E-state index in [0.29, 0.717) is 12.2 Å². The maximum Gasteiger partial charge on any atom is 0.239 e. The van der Waals surface area contributed by atoms with Crippen LogP contribution in [-0.4, -0.2) is 37.3 Å². The highest BCUT2D eigenvalue weighted by molar-refractivity contribution is 5.81. The second-order valence-electron chi connectivity index (χ2n) is 4.39. The lowest BCUT2D eigenvalue weighted by Gasteiger charge is -2.15. The summed E-state index contributed by atoms with van der Waals surface area (Å²) in [6.07, 6.45) is 1.47. The van der Waals surface area contributed by atoms with Gasteiger partial charge in [-0.25, -0.2) is 0 Å². The van der Waals surface area contributed by atoms with Crippen LogP contribution in [0.15, 0.2) is 24.3 Å². The number of hydrogen-bond donors (Lipinski definition) is 3. The lowest BCUT2D eigenvalue weighted by Crippen LogP contribution is -2.36. The Kier molecular flexibility index (Phi) is 6.74. The smallest absolute Gasteiger partial charge is 0.239 e. The van der Waals surface area contributed by atoms with E-state index in [0.717, 1.165) is 12.1 Å². The van der Waals surface area contributed by atoms with Gasteiger partial charge in [-0.15, -0.1) is 0 Å². The van der Waals surface area contributed by atoms with Gasteiger partial charge in [0.1, 0.15) is 5.75 Å². The van der Waals surface area contributed by atoms with Crippen molar-refractivity contribution in [1.29, 1.82) is 0 Å². The van der Waals surface area contributed by atoms with Gasteiger partial charge in [-0.05, 0) is 31.9 Å². The number of methoxy groups -OCH3 is 1. The molecular formula is C14H22N2O3. The van der Waals surface area contributed by atoms with Crippen LogP contribution in [0.2, 0.25) is 0 Å². The van der Waals surface area contributed by atoms with Crippen molar-refractivity contribution in [3.8, 4) is 5.75 Å². The molecule has 5 nitrogen and oxygen atoms in total. The first-order valence-corrected chi connectivity index (χ1v) is 6.44. The first kappa shape index (κ1) is 15.3. The minimum absolute atomic E-state index is 0.0686. The molecule has 0 aromatic heterocycles. The first-order chi connectivity index (χ1) is 9.17. The standard InChI is InChI=1S/C14H22N2O3/c1-11(6-5-9-17)16-14(18)10-15-12-7-3-4-8-13(12)19-2/h3-4,7-8,11,15,17H,5-6,9-10H2,1-2H3,(H,16,18)/t11-/m1/s1. The van der Waals surface area contributed by atoms with Gasteiger partial charge >= 0.3 is 0 Å². The van der Waals surface area contributed by atoms with Crippen molar-refractivity contribution in [3.05, 3.63) is 24.3 Å². The van der Waals surface area contributed by atoms with Gasteiger partial charge in [-0.2, -0.15) is 0 Å². The maximum atomic E-state index is 11.7. The molecule has 19 heavy (non-hydrogen) atoms. The van der Waals surface area contributed by atoms with Crippen molar-refractivity contribution >= 4 is 11.6 Å². The van der Waals surface area contributed by atoms with Crippen molar-refractivity contribution in [3.63, 3.8) is 0 Å². The molecule has 0 bridgehead atoms. The number of hydrogen-bond acceptors (Lipinski definition) is 4. The summed E-state index contributed by atoms with van der Waals surface area (Å²) in [5.41, 5.74) is 0.795. The van der Waals surface area contributed by atoms with Gasteiger partial charge in [0.25, 0.3) is 0 Å². The van der Waals surface area contributed by atoms with Crippen molar-refractivity contribution in [2.75, 3.05) is 25.6 Å². The van der Waals surface area contributed by atoms with E-state index in [4.69, 9.17) is 9.84 Å². The van der Waals surface area contributed by atoms with Crippen molar-refractivity contribution in [2.45, 2.75) is 25.8 Å². The minimum atomic E-state index is -0.0728. The summed E-state index contributed by atoms with van der Waals surface area (Å²) in [5, 5.41) is 14.6. The molecule has 106 valence electrons. The third-order valence-corrected chi connectivity index (χ3v) is 2.75. The van der Waals surface area contributed by atoms with E-state index in [2.05, 4.69) is 10.6 Å². The molecule has 0 saturated heterocycles. The predicted octanol–water partition coefficient (Wildman–Crippen LogP) is 1.38. The van der Waals surface area contributed by atoms with Crippen LogP contribution in [0.25, 0.3) is 0 Å². The first-order valence-electron chi connectivity index (χ1n) is 6.44. The summed E-state index contributed by atoms with van der Waals surface area (Å²) in [5.74, 6) is 0.639. The zero-order valence-electron chi connectivity index (χ0n) is 11.5. The highest BCUT2D eigenvalue weighted by Gasteiger charge is 2.08. The Bertz CT molecular complexity index is 396. The van der Waals surface area contributed by atoms with Gasteiger partial charge in [0.05, 0.1) is 19.3 Å². The number of carbonyl (C=O) groups excluding carboxylic acids is 1. The second kappa shape index (κ2) is 8.37. The zero-order chi connectivity index (χ0) is 14.1. The number of para-hydroxylation sites is 2. The van der Waals surface area contributed by atoms with Crippen molar-refractivity contribution in [1.82, 2.24) is 5.32 Å². The van der Waals surface area contributed by atoms with Crippen molar-refractivity contribution in [2.24, 2.45) is 0 Å². The average molecular weight is 266 g/mol. The zero-order valence-corrected chi connectivity index (χ0v) is 11.5. The van der Waals surface area contributed by atoms with E-state index in [9.17, 15) is 4.79 Å². The number of aliphatic hydroxyl groups is 1. The molecule has 1 aromatic carbocycles. The second-order valence-corrected chi connectivity index (χ2v) is 4.39. The number of aliphatic hydroxyl groups excluding tert-OH is 1. The number of amides is 1. The molecule has 0 radical (unpaired) electrons. The van der Waals surface area contributed by atoms with Gasteiger partial charge in [-0.3, -0.25) is 4.79 Å². The lowest BCUT2D eigenvalue weighted by atomic mass is 10.2. The molecule has 0 unspecified atom stereocenters. The molecule has 1 atom stereocenters. The molecule has 3 N–H and O–H groups in total. The SMILES string of the molecule is COc1ccccc1NCC(=O)N[C@H](C)CCCO. The molecule has 0 heterocycles. The van der Waals surface area contributed by atoms with Crippen LogP contribution in [0.3, 0.4) is 0 Å². The van der Waals surface area contributed by atoms with Crippen LogP contribution in [0.5, 0.6) is 5.75 Å². The van der Waals surface area contributed by atoms with E-state index < -0.39 is 0 Å². The van der Waals surface area contributed by atoms with Gasteiger partial charge < -0.3 is 20.5 Å². The largest absolute Gasteiger partial charge is 0.495 e. The topological polar surface area (TPSA) is 70.6 Å². The fourth-order valence-electron chi connectivity index (χ4n) is 1.76. The van der Waals surface area contributed by atoms with Gasteiger partial charge in [0.15, 0.2) is 0 Å². The molecule has 0 aliphatic carbocycles. The Morgan fingerprint density at radius 2 is 2.16 bits per heavy atom. The van der Waals surface area contributed by atoms with Gasteiger partial charge in [0.2, 0.25) is 5.91 Å². The molecule has 1 aromatic rings. The Labute approximate surface area is 114 Å². The number of rotatable bonds is 8. The van der Waals surface area contributed by atoms with Gasteiger partial charge in [-0.1, -0.05) is 12.1 Å². The van der Waals surface area contributed by atoms with Crippen LogP contribution in [0, 0.1) is 0 Å². The molecule has 5 heteroatoms. The predicted molar refractivity (Wildman–Crippen MR) is 75.4 cm³/mol. The van der Waals surface area contributed by atoms with Crippen LogP contribution in [0.1, 0.15) is 19.8 Å². The summed E-state index contributed by atoms with van der Waals surface area (Å²) >= 11 is 0. The highest BCUT2D eigenvalue weighted by atomic mass is 16.5. The summed E-state index contributed by atoms with van der Waals surface area (Å²) in [4.78, 5) is 11.7. The molecule has 0 spiro atoms. The quantitative estimate of drug-likeness (QED) is 0.665. The number of nitrogens with one attached hydrogen (secondary N) is 2. The average Bonchev–Trinajstić information content (AvgIpc) is 2.43. The molecule has 0 saturated carbocycles. The molecule has 1 amide bonds. The number of ether oxygens (including phenoxy) is 1. The number of benzene rings is 1. The summed E-state index contributed by atoms with van der Waals surface area (Å²) in [6, 6.07) is 7.53. The third kappa shape index (κ3) is 5.61. The maximum absolute atomic E-state index is 11.7. The van der Waals surface area contributed by atoms with E-state index in [1.54, 1.807) is 7.11 Å². The molecule has 0 fully saturated rings. The summed E-state index contributed by atoms with van der Waals surface area (Å²) < 4.78 is 5.19. The summed E-state index contributed by atoms with van der Waals surface area (Å²) in [6.45, 7) is 2.28. The van der Waals surface area contributed by atoms with Crippen LogP contribution in [-0.2, 0) is 4.79 Å². The molecule has 1 rings (SSSR count). The van der Waals surface area contributed by atoms with Crippen LogP contribution >= 0.6 is 0 Å². The van der Waals surface area contributed by atoms with Gasteiger partial charge in [0, 0.05) is 12.6 Å². The Morgan fingerprint density at radius 3 is 2.84 bits per heavy atom. The summed E-state index contributed by atoms with van der Waals surface area (Å²) in [7, 11) is 1.59. The highest BCUT2D eigenvalue weighted by Crippen LogP contribution is 2.22.